The maximum absolute atomic E-state index is 12.4. The molecule has 1 N–H and O–H groups in total. The molecule has 0 aliphatic rings. The van der Waals surface area contributed by atoms with Crippen molar-refractivity contribution in [3.8, 4) is 5.75 Å². The Morgan fingerprint density at radius 2 is 1.70 bits per heavy atom. The Kier molecular flexibility index (Phi) is 5.53. The van der Waals surface area contributed by atoms with Crippen LogP contribution in [0.25, 0.3) is 0 Å². The summed E-state index contributed by atoms with van der Waals surface area (Å²) in [6.45, 7) is 0.807. The summed E-state index contributed by atoms with van der Waals surface area (Å²) in [5.74, 6) is 0.551. The van der Waals surface area contributed by atoms with Crippen molar-refractivity contribution >= 4 is 5.78 Å². The van der Waals surface area contributed by atoms with Crippen LogP contribution in [0, 0.1) is 0 Å². The molecule has 0 heterocycles. The third-order valence-corrected chi connectivity index (χ3v) is 3.33. The molecule has 0 saturated heterocycles. The van der Waals surface area contributed by atoms with Crippen LogP contribution in [0.2, 0.25) is 0 Å². The van der Waals surface area contributed by atoms with Crippen molar-refractivity contribution in [2.45, 2.75) is 6.10 Å². The Balaban J connectivity index is 2.01. The predicted molar refractivity (Wildman–Crippen MR) is 90.7 cm³/mol. The number of hydrogen-bond donors (Lipinski definition) is 1. The fourth-order valence-corrected chi connectivity index (χ4v) is 2.36. The number of nitrogens with zero attached hydrogens (tertiary/aromatic N) is 1. The van der Waals surface area contributed by atoms with Gasteiger partial charge in [0, 0.05) is 11.1 Å². The van der Waals surface area contributed by atoms with Crippen LogP contribution in [0.15, 0.2) is 54.6 Å². The lowest BCUT2D eigenvalue weighted by Gasteiger charge is -2.26. The lowest BCUT2D eigenvalue weighted by atomic mass is 10.0. The summed E-state index contributed by atoms with van der Waals surface area (Å²) in [4.78, 5) is 12.4. The summed E-state index contributed by atoms with van der Waals surface area (Å²) in [5.41, 5.74) is 1.23. The lowest BCUT2D eigenvalue weighted by Crippen LogP contribution is -2.43. The molecule has 0 spiro atoms. The molecular formula is C19H24NO3+. The molecule has 1 unspecified atom stereocenters. The van der Waals surface area contributed by atoms with E-state index in [0.29, 0.717) is 27.9 Å². The molecule has 2 aromatic carbocycles. The Morgan fingerprint density at radius 3 is 2.35 bits per heavy atom. The topological polar surface area (TPSA) is 46.5 Å². The zero-order valence-electron chi connectivity index (χ0n) is 13.9. The van der Waals surface area contributed by atoms with Crippen molar-refractivity contribution in [2.75, 3.05) is 34.3 Å². The number of aliphatic hydroxyl groups excluding tert-OH is 1. The minimum absolute atomic E-state index is 0.0389. The summed E-state index contributed by atoms with van der Waals surface area (Å²) in [7, 11) is 6.05. The number of carbonyl (C=O) groups excluding carboxylic acids is 1. The number of carbonyl (C=O) groups is 1. The molecule has 0 saturated carbocycles. The summed E-state index contributed by atoms with van der Waals surface area (Å²) in [5, 5.41) is 10.00. The first-order valence-electron chi connectivity index (χ1n) is 7.66. The van der Waals surface area contributed by atoms with Crippen molar-refractivity contribution in [2.24, 2.45) is 0 Å². The van der Waals surface area contributed by atoms with E-state index in [9.17, 15) is 9.90 Å². The number of likely N-dealkylation sites (N-methyl/N-ethyl adjacent to an activating group) is 1. The van der Waals surface area contributed by atoms with Gasteiger partial charge in [-0.05, 0) is 12.1 Å². The first-order chi connectivity index (χ1) is 10.8. The molecule has 23 heavy (non-hydrogen) atoms. The SMILES string of the molecule is C[N+](C)(C)CC(O)COc1cccc(C(=O)c2ccccc2)c1. The molecule has 0 aliphatic heterocycles. The highest BCUT2D eigenvalue weighted by molar-refractivity contribution is 6.09. The second kappa shape index (κ2) is 7.40. The van der Waals surface area contributed by atoms with Gasteiger partial charge in [-0.15, -0.1) is 0 Å². The zero-order valence-corrected chi connectivity index (χ0v) is 13.9. The van der Waals surface area contributed by atoms with Crippen LogP contribution in [0.3, 0.4) is 0 Å². The smallest absolute Gasteiger partial charge is 0.193 e. The molecule has 2 aromatic rings. The summed E-state index contributed by atoms with van der Waals surface area (Å²) >= 11 is 0. The van der Waals surface area contributed by atoms with E-state index in [4.69, 9.17) is 4.74 Å². The van der Waals surface area contributed by atoms with Gasteiger partial charge in [0.05, 0.1) is 21.1 Å². The number of ether oxygens (including phenoxy) is 1. The van der Waals surface area contributed by atoms with Crippen LogP contribution in [0.1, 0.15) is 15.9 Å². The molecule has 0 amide bonds. The van der Waals surface area contributed by atoms with Gasteiger partial charge >= 0.3 is 0 Å². The Bertz CT molecular complexity index is 647. The highest BCUT2D eigenvalue weighted by Crippen LogP contribution is 2.17. The summed E-state index contributed by atoms with van der Waals surface area (Å²) < 4.78 is 6.29. The first-order valence-corrected chi connectivity index (χ1v) is 7.66. The van der Waals surface area contributed by atoms with E-state index in [1.54, 1.807) is 36.4 Å². The van der Waals surface area contributed by atoms with E-state index in [1.165, 1.54) is 0 Å². The third kappa shape index (κ3) is 5.51. The largest absolute Gasteiger partial charge is 0.491 e. The molecule has 0 bridgehead atoms. The second-order valence-corrected chi connectivity index (χ2v) is 6.66. The van der Waals surface area contributed by atoms with Crippen molar-refractivity contribution in [3.63, 3.8) is 0 Å². The summed E-state index contributed by atoms with van der Waals surface area (Å²) in [6.07, 6.45) is -0.552. The van der Waals surface area contributed by atoms with Crippen LogP contribution >= 0.6 is 0 Å². The molecule has 4 nitrogen and oxygen atoms in total. The number of ketones is 1. The van der Waals surface area contributed by atoms with E-state index in [2.05, 4.69) is 0 Å². The number of hydrogen-bond acceptors (Lipinski definition) is 3. The number of aliphatic hydroxyl groups is 1. The minimum Gasteiger partial charge on any atom is -0.491 e. The normalized spacial score (nSPS) is 12.7. The molecule has 0 aromatic heterocycles. The maximum atomic E-state index is 12.4. The number of rotatable bonds is 7. The van der Waals surface area contributed by atoms with Gasteiger partial charge in [-0.25, -0.2) is 0 Å². The van der Waals surface area contributed by atoms with Crippen molar-refractivity contribution < 1.29 is 19.1 Å². The standard InChI is InChI=1S/C19H24NO3/c1-20(2,3)13-17(21)14-23-18-11-7-10-16(12-18)19(22)15-8-5-4-6-9-15/h4-12,17,21H,13-14H2,1-3H3/q+1. The molecule has 0 fully saturated rings. The monoisotopic (exact) mass is 314 g/mol. The van der Waals surface area contributed by atoms with E-state index in [1.807, 2.05) is 39.3 Å². The summed E-state index contributed by atoms with van der Waals surface area (Å²) in [6, 6.07) is 16.2. The average molecular weight is 314 g/mol. The van der Waals surface area contributed by atoms with E-state index in [-0.39, 0.29) is 12.4 Å². The maximum Gasteiger partial charge on any atom is 0.193 e. The molecule has 4 heteroatoms. The Morgan fingerprint density at radius 1 is 1.04 bits per heavy atom. The van der Waals surface area contributed by atoms with E-state index in [0.717, 1.165) is 0 Å². The van der Waals surface area contributed by atoms with Crippen molar-refractivity contribution in [3.05, 3.63) is 65.7 Å². The van der Waals surface area contributed by atoms with Crippen LogP contribution in [0.5, 0.6) is 5.75 Å². The van der Waals surface area contributed by atoms with Crippen molar-refractivity contribution in [1.82, 2.24) is 0 Å². The van der Waals surface area contributed by atoms with Gasteiger partial charge in [0.15, 0.2) is 5.78 Å². The van der Waals surface area contributed by atoms with Gasteiger partial charge in [-0.2, -0.15) is 0 Å². The number of benzene rings is 2. The average Bonchev–Trinajstić information content (AvgIpc) is 2.52. The first kappa shape index (κ1) is 17.2. The molecule has 0 radical (unpaired) electrons. The van der Waals surface area contributed by atoms with Crippen LogP contribution in [0.4, 0.5) is 0 Å². The fourth-order valence-electron chi connectivity index (χ4n) is 2.36. The number of quaternary nitrogens is 1. The highest BCUT2D eigenvalue weighted by Gasteiger charge is 2.16. The van der Waals surface area contributed by atoms with Gasteiger partial charge < -0.3 is 14.3 Å². The van der Waals surface area contributed by atoms with Crippen LogP contribution < -0.4 is 4.74 Å². The third-order valence-electron chi connectivity index (χ3n) is 3.33. The molecule has 1 atom stereocenters. The Hall–Kier alpha value is -2.17. The lowest BCUT2D eigenvalue weighted by molar-refractivity contribution is -0.873. The molecule has 2 rings (SSSR count). The molecule has 122 valence electrons. The van der Waals surface area contributed by atoms with Crippen LogP contribution in [-0.2, 0) is 0 Å². The van der Waals surface area contributed by atoms with Gasteiger partial charge in [0.1, 0.15) is 25.0 Å². The fraction of sp³-hybridized carbons (Fsp3) is 0.316. The van der Waals surface area contributed by atoms with Gasteiger partial charge in [0.2, 0.25) is 0 Å². The highest BCUT2D eigenvalue weighted by atomic mass is 16.5. The van der Waals surface area contributed by atoms with Crippen LogP contribution in [-0.4, -0.2) is 55.8 Å². The van der Waals surface area contributed by atoms with Gasteiger partial charge in [-0.1, -0.05) is 42.5 Å². The quantitative estimate of drug-likeness (QED) is 0.630. The van der Waals surface area contributed by atoms with Gasteiger partial charge in [-0.3, -0.25) is 4.79 Å². The van der Waals surface area contributed by atoms with Gasteiger partial charge in [0.25, 0.3) is 0 Å². The van der Waals surface area contributed by atoms with Crippen molar-refractivity contribution in [1.29, 1.82) is 0 Å². The predicted octanol–water partition coefficient (Wildman–Crippen LogP) is 2.36. The molecular weight excluding hydrogens is 290 g/mol. The second-order valence-electron chi connectivity index (χ2n) is 6.66. The minimum atomic E-state index is -0.552. The van der Waals surface area contributed by atoms with E-state index < -0.39 is 6.10 Å². The molecule has 0 aliphatic carbocycles. The van der Waals surface area contributed by atoms with E-state index >= 15 is 0 Å². The Labute approximate surface area is 137 Å². The zero-order chi connectivity index (χ0) is 16.9.